The third-order valence-corrected chi connectivity index (χ3v) is 5.01. The molecule has 5 nitrogen and oxygen atoms in total. The SMILES string of the molecule is CC(=O)c1ccccc1NC(=O)[C@H](C)OC(=O)c1cc2c(F)cccc2s1. The molecule has 2 aromatic carbocycles. The number of Topliss-reactive ketones (excluding diaryl/α,β-unsaturated/α-hetero) is 1. The van der Waals surface area contributed by atoms with Gasteiger partial charge in [0.1, 0.15) is 10.7 Å². The fraction of sp³-hybridized carbons (Fsp3) is 0.150. The quantitative estimate of drug-likeness (QED) is 0.521. The number of para-hydroxylation sites is 1. The van der Waals surface area contributed by atoms with Gasteiger partial charge in [0.15, 0.2) is 11.9 Å². The average Bonchev–Trinajstić information content (AvgIpc) is 3.08. The molecule has 0 bridgehead atoms. The van der Waals surface area contributed by atoms with Crippen molar-refractivity contribution in [2.45, 2.75) is 20.0 Å². The van der Waals surface area contributed by atoms with E-state index >= 15 is 0 Å². The van der Waals surface area contributed by atoms with Gasteiger partial charge in [-0.05, 0) is 44.2 Å². The van der Waals surface area contributed by atoms with E-state index in [4.69, 9.17) is 4.74 Å². The Labute approximate surface area is 158 Å². The van der Waals surface area contributed by atoms with Gasteiger partial charge < -0.3 is 10.1 Å². The molecule has 138 valence electrons. The molecule has 1 amide bonds. The molecular formula is C20H16FNO4S. The van der Waals surface area contributed by atoms with Crippen molar-refractivity contribution in [2.75, 3.05) is 5.32 Å². The van der Waals surface area contributed by atoms with Gasteiger partial charge >= 0.3 is 5.97 Å². The van der Waals surface area contributed by atoms with Gasteiger partial charge in [-0.1, -0.05) is 18.2 Å². The molecule has 0 fully saturated rings. The molecule has 27 heavy (non-hydrogen) atoms. The van der Waals surface area contributed by atoms with E-state index in [-0.39, 0.29) is 10.7 Å². The predicted molar refractivity (Wildman–Crippen MR) is 102 cm³/mol. The van der Waals surface area contributed by atoms with Crippen LogP contribution in [-0.4, -0.2) is 23.8 Å². The van der Waals surface area contributed by atoms with Crippen molar-refractivity contribution in [1.29, 1.82) is 0 Å². The summed E-state index contributed by atoms with van der Waals surface area (Å²) in [4.78, 5) is 36.5. The number of hydrogen-bond donors (Lipinski definition) is 1. The third kappa shape index (κ3) is 4.03. The van der Waals surface area contributed by atoms with E-state index in [2.05, 4.69) is 5.32 Å². The summed E-state index contributed by atoms with van der Waals surface area (Å²) in [5.41, 5.74) is 0.714. The fourth-order valence-electron chi connectivity index (χ4n) is 2.53. The zero-order valence-electron chi connectivity index (χ0n) is 14.6. The molecule has 0 aliphatic carbocycles. The minimum Gasteiger partial charge on any atom is -0.448 e. The predicted octanol–water partition coefficient (Wildman–Crippen LogP) is 4.43. The highest BCUT2D eigenvalue weighted by atomic mass is 32.1. The summed E-state index contributed by atoms with van der Waals surface area (Å²) < 4.78 is 19.6. The van der Waals surface area contributed by atoms with E-state index in [1.165, 1.54) is 26.0 Å². The van der Waals surface area contributed by atoms with E-state index < -0.39 is 23.8 Å². The first-order valence-corrected chi connectivity index (χ1v) is 8.98. The van der Waals surface area contributed by atoms with Crippen molar-refractivity contribution >= 4 is 44.8 Å². The summed E-state index contributed by atoms with van der Waals surface area (Å²) in [5, 5.41) is 2.93. The zero-order valence-corrected chi connectivity index (χ0v) is 15.4. The Kier molecular flexibility index (Phi) is 5.32. The zero-order chi connectivity index (χ0) is 19.6. The Balaban J connectivity index is 1.71. The number of anilines is 1. The normalized spacial score (nSPS) is 11.8. The van der Waals surface area contributed by atoms with E-state index in [0.717, 1.165) is 11.3 Å². The second kappa shape index (κ2) is 7.67. The maximum absolute atomic E-state index is 13.8. The lowest BCUT2D eigenvalue weighted by Crippen LogP contribution is -2.30. The number of ether oxygens (including phenoxy) is 1. The Morgan fingerprint density at radius 1 is 1.11 bits per heavy atom. The molecule has 1 heterocycles. The molecule has 0 radical (unpaired) electrons. The van der Waals surface area contributed by atoms with Gasteiger partial charge in [-0.2, -0.15) is 0 Å². The summed E-state index contributed by atoms with van der Waals surface area (Å²) in [6.07, 6.45) is -1.09. The van der Waals surface area contributed by atoms with Gasteiger partial charge in [-0.3, -0.25) is 9.59 Å². The smallest absolute Gasteiger partial charge is 0.349 e. The lowest BCUT2D eigenvalue weighted by atomic mass is 10.1. The van der Waals surface area contributed by atoms with Crippen molar-refractivity contribution in [2.24, 2.45) is 0 Å². The number of thiophene rings is 1. The minimum absolute atomic E-state index is 0.192. The molecule has 0 saturated carbocycles. The monoisotopic (exact) mass is 385 g/mol. The summed E-state index contributed by atoms with van der Waals surface area (Å²) in [6, 6.07) is 12.6. The maximum atomic E-state index is 13.8. The standard InChI is InChI=1S/C20H16FNO4S/c1-11(23)13-6-3-4-8-16(13)22-19(24)12(2)26-20(25)18-10-14-15(21)7-5-9-17(14)27-18/h3-10,12H,1-2H3,(H,22,24)/t12-/m0/s1. The molecule has 0 spiro atoms. The first-order chi connectivity index (χ1) is 12.9. The Morgan fingerprint density at radius 3 is 2.56 bits per heavy atom. The number of amides is 1. The minimum atomic E-state index is -1.09. The van der Waals surface area contributed by atoms with Crippen LogP contribution in [0.25, 0.3) is 10.1 Å². The molecule has 7 heteroatoms. The second-order valence-corrected chi connectivity index (χ2v) is 6.98. The molecule has 0 aliphatic heterocycles. The number of carbonyl (C=O) groups excluding carboxylic acids is 3. The molecule has 0 unspecified atom stereocenters. The Bertz CT molecular complexity index is 1040. The molecular weight excluding hydrogens is 369 g/mol. The van der Waals surface area contributed by atoms with Crippen molar-refractivity contribution in [3.63, 3.8) is 0 Å². The number of fused-ring (bicyclic) bond motifs is 1. The highest BCUT2D eigenvalue weighted by Crippen LogP contribution is 2.28. The average molecular weight is 385 g/mol. The van der Waals surface area contributed by atoms with E-state index in [1.54, 1.807) is 36.4 Å². The number of halogens is 1. The number of nitrogens with one attached hydrogen (secondary N) is 1. The first-order valence-electron chi connectivity index (χ1n) is 8.16. The summed E-state index contributed by atoms with van der Waals surface area (Å²) in [6.45, 7) is 2.83. The summed E-state index contributed by atoms with van der Waals surface area (Å²) in [5.74, 6) is -1.89. The van der Waals surface area contributed by atoms with Crippen LogP contribution in [0.2, 0.25) is 0 Å². The van der Waals surface area contributed by atoms with Crippen molar-refractivity contribution in [3.8, 4) is 0 Å². The fourth-order valence-corrected chi connectivity index (χ4v) is 3.49. The van der Waals surface area contributed by atoms with E-state index in [0.29, 0.717) is 21.3 Å². The summed E-state index contributed by atoms with van der Waals surface area (Å²) in [7, 11) is 0. The number of ketones is 1. The van der Waals surface area contributed by atoms with E-state index in [1.807, 2.05) is 0 Å². The van der Waals surface area contributed by atoms with Gasteiger partial charge in [0.05, 0.1) is 5.69 Å². The highest BCUT2D eigenvalue weighted by molar-refractivity contribution is 7.20. The van der Waals surface area contributed by atoms with Crippen LogP contribution in [0.4, 0.5) is 10.1 Å². The van der Waals surface area contributed by atoms with Gasteiger partial charge in [0.2, 0.25) is 0 Å². The molecule has 0 aliphatic rings. The molecule has 1 N–H and O–H groups in total. The molecule has 3 aromatic rings. The van der Waals surface area contributed by atoms with Gasteiger partial charge in [0, 0.05) is 15.6 Å². The topological polar surface area (TPSA) is 72.5 Å². The van der Waals surface area contributed by atoms with Crippen molar-refractivity contribution < 1.29 is 23.5 Å². The Hall–Kier alpha value is -3.06. The Morgan fingerprint density at radius 2 is 1.85 bits per heavy atom. The van der Waals surface area contributed by atoms with Gasteiger partial charge in [-0.15, -0.1) is 11.3 Å². The number of carbonyl (C=O) groups is 3. The van der Waals surface area contributed by atoms with Crippen molar-refractivity contribution in [3.05, 3.63) is 64.8 Å². The van der Waals surface area contributed by atoms with Crippen LogP contribution in [0.5, 0.6) is 0 Å². The van der Waals surface area contributed by atoms with Crippen LogP contribution < -0.4 is 5.32 Å². The third-order valence-electron chi connectivity index (χ3n) is 3.93. The number of esters is 1. The van der Waals surface area contributed by atoms with Crippen LogP contribution in [0.3, 0.4) is 0 Å². The van der Waals surface area contributed by atoms with E-state index in [9.17, 15) is 18.8 Å². The maximum Gasteiger partial charge on any atom is 0.349 e. The molecule has 1 aromatic heterocycles. The van der Waals surface area contributed by atoms with Gasteiger partial charge in [0.25, 0.3) is 5.91 Å². The first kappa shape index (κ1) is 18.7. The van der Waals surface area contributed by atoms with Crippen LogP contribution >= 0.6 is 11.3 Å². The second-order valence-electron chi connectivity index (χ2n) is 5.90. The number of benzene rings is 2. The number of hydrogen-bond acceptors (Lipinski definition) is 5. The van der Waals surface area contributed by atoms with Crippen LogP contribution in [0.1, 0.15) is 33.9 Å². The van der Waals surface area contributed by atoms with Crippen LogP contribution in [0, 0.1) is 5.82 Å². The lowest BCUT2D eigenvalue weighted by molar-refractivity contribution is -0.123. The summed E-state index contributed by atoms with van der Waals surface area (Å²) >= 11 is 1.09. The molecule has 0 saturated heterocycles. The molecule has 3 rings (SSSR count). The lowest BCUT2D eigenvalue weighted by Gasteiger charge is -2.14. The van der Waals surface area contributed by atoms with Crippen molar-refractivity contribution in [1.82, 2.24) is 0 Å². The number of rotatable bonds is 5. The molecule has 1 atom stereocenters. The highest BCUT2D eigenvalue weighted by Gasteiger charge is 2.22. The largest absolute Gasteiger partial charge is 0.448 e. The van der Waals surface area contributed by atoms with Crippen LogP contribution in [-0.2, 0) is 9.53 Å². The van der Waals surface area contributed by atoms with Crippen LogP contribution in [0.15, 0.2) is 48.5 Å². The van der Waals surface area contributed by atoms with Gasteiger partial charge in [-0.25, -0.2) is 9.18 Å².